The van der Waals surface area contributed by atoms with Crippen LogP contribution in [0.3, 0.4) is 0 Å². The number of halogens is 1. The molecule has 112 valence electrons. The molecule has 21 heavy (non-hydrogen) atoms. The summed E-state index contributed by atoms with van der Waals surface area (Å²) in [7, 11) is -3.49. The van der Waals surface area contributed by atoms with E-state index in [1.165, 1.54) is 35.6 Å². The number of sulfonamides is 1. The number of carbonyl (C=O) groups is 1. The van der Waals surface area contributed by atoms with Gasteiger partial charge in [0.05, 0.1) is 15.7 Å². The molecule has 0 amide bonds. The maximum absolute atomic E-state index is 11.9. The fourth-order valence-corrected chi connectivity index (χ4v) is 3.87. The highest BCUT2D eigenvalue weighted by Gasteiger charge is 2.12. The van der Waals surface area contributed by atoms with Crippen molar-refractivity contribution in [2.24, 2.45) is 0 Å². The van der Waals surface area contributed by atoms with Gasteiger partial charge in [0, 0.05) is 11.4 Å². The van der Waals surface area contributed by atoms with E-state index in [0.717, 1.165) is 4.88 Å². The van der Waals surface area contributed by atoms with Crippen LogP contribution in [0.1, 0.15) is 20.8 Å². The summed E-state index contributed by atoms with van der Waals surface area (Å²) in [6.45, 7) is 0.187. The van der Waals surface area contributed by atoms with Gasteiger partial charge in [-0.15, -0.1) is 11.3 Å². The summed E-state index contributed by atoms with van der Waals surface area (Å²) in [5.41, 5.74) is 0.647. The van der Waals surface area contributed by atoms with Gasteiger partial charge in [-0.25, -0.2) is 17.9 Å². The molecule has 8 heteroatoms. The molecule has 0 radical (unpaired) electrons. The van der Waals surface area contributed by atoms with Gasteiger partial charge in [-0.3, -0.25) is 0 Å². The first kappa shape index (κ1) is 16.0. The first-order valence-electron chi connectivity index (χ1n) is 5.89. The SMILES string of the molecule is O=C(O)c1ccc(CS(=O)(=O)NCc2ccc(Cl)s2)cc1. The van der Waals surface area contributed by atoms with Crippen molar-refractivity contribution in [3.05, 3.63) is 56.7 Å². The topological polar surface area (TPSA) is 83.5 Å². The fourth-order valence-electron chi connectivity index (χ4n) is 1.64. The fraction of sp³-hybridized carbons (Fsp3) is 0.154. The number of hydrogen-bond donors (Lipinski definition) is 2. The standard InChI is InChI=1S/C13H12ClNO4S2/c14-12-6-5-11(20-12)7-15-21(18,19)8-9-1-3-10(4-2-9)13(16)17/h1-6,15H,7-8H2,(H,16,17). The largest absolute Gasteiger partial charge is 0.478 e. The van der Waals surface area contributed by atoms with Crippen molar-refractivity contribution in [2.45, 2.75) is 12.3 Å². The molecule has 5 nitrogen and oxygen atoms in total. The van der Waals surface area contributed by atoms with Crippen molar-refractivity contribution in [2.75, 3.05) is 0 Å². The molecular formula is C13H12ClNO4S2. The number of carboxylic acid groups (broad SMARTS) is 1. The minimum Gasteiger partial charge on any atom is -0.478 e. The van der Waals surface area contributed by atoms with Crippen molar-refractivity contribution in [3.8, 4) is 0 Å². The predicted octanol–water partition coefficient (Wildman–Crippen LogP) is 2.72. The van der Waals surface area contributed by atoms with Crippen LogP contribution < -0.4 is 4.72 Å². The second kappa shape index (κ2) is 6.57. The summed E-state index contributed by atoms with van der Waals surface area (Å²) >= 11 is 7.09. The molecule has 0 atom stereocenters. The second-order valence-electron chi connectivity index (χ2n) is 4.29. The smallest absolute Gasteiger partial charge is 0.335 e. The molecule has 0 spiro atoms. The van der Waals surface area contributed by atoms with Crippen molar-refractivity contribution >= 4 is 38.9 Å². The third-order valence-electron chi connectivity index (χ3n) is 2.65. The van der Waals surface area contributed by atoms with Gasteiger partial charge in [0.15, 0.2) is 0 Å². The predicted molar refractivity (Wildman–Crippen MR) is 82.2 cm³/mol. The molecule has 0 unspecified atom stereocenters. The van der Waals surface area contributed by atoms with E-state index < -0.39 is 16.0 Å². The Bertz CT molecular complexity index is 738. The average molecular weight is 346 g/mol. The molecule has 1 aromatic heterocycles. The van der Waals surface area contributed by atoms with E-state index in [9.17, 15) is 13.2 Å². The van der Waals surface area contributed by atoms with E-state index in [-0.39, 0.29) is 17.9 Å². The Hall–Kier alpha value is -1.41. The summed E-state index contributed by atoms with van der Waals surface area (Å²) in [4.78, 5) is 11.5. The highest BCUT2D eigenvalue weighted by Crippen LogP contribution is 2.21. The van der Waals surface area contributed by atoms with Gasteiger partial charge in [-0.1, -0.05) is 23.7 Å². The minimum absolute atomic E-state index is 0.123. The molecule has 0 fully saturated rings. The third-order valence-corrected chi connectivity index (χ3v) is 5.18. The van der Waals surface area contributed by atoms with Crippen molar-refractivity contribution in [1.29, 1.82) is 0 Å². The molecule has 0 bridgehead atoms. The number of nitrogens with one attached hydrogen (secondary N) is 1. The van der Waals surface area contributed by atoms with Crippen LogP contribution in [-0.2, 0) is 22.3 Å². The molecule has 0 aliphatic carbocycles. The molecule has 1 aromatic carbocycles. The number of benzene rings is 1. The zero-order valence-corrected chi connectivity index (χ0v) is 13.1. The van der Waals surface area contributed by atoms with Gasteiger partial charge in [-0.05, 0) is 29.8 Å². The monoisotopic (exact) mass is 345 g/mol. The van der Waals surface area contributed by atoms with Gasteiger partial charge >= 0.3 is 5.97 Å². The van der Waals surface area contributed by atoms with Gasteiger partial charge < -0.3 is 5.11 Å². The van der Waals surface area contributed by atoms with Crippen LogP contribution in [0.5, 0.6) is 0 Å². The average Bonchev–Trinajstić information content (AvgIpc) is 2.83. The first-order chi connectivity index (χ1) is 9.85. The molecule has 0 aliphatic heterocycles. The van der Waals surface area contributed by atoms with E-state index in [1.807, 2.05) is 0 Å². The summed E-state index contributed by atoms with van der Waals surface area (Å²) in [5.74, 6) is -1.25. The molecule has 2 aromatic rings. The first-order valence-corrected chi connectivity index (χ1v) is 8.74. The van der Waals surface area contributed by atoms with Crippen molar-refractivity contribution in [3.63, 3.8) is 0 Å². The lowest BCUT2D eigenvalue weighted by molar-refractivity contribution is 0.0697. The van der Waals surface area contributed by atoms with Crippen LogP contribution in [0, 0.1) is 0 Å². The number of carboxylic acids is 1. The molecule has 2 N–H and O–H groups in total. The normalized spacial score (nSPS) is 11.5. The van der Waals surface area contributed by atoms with Gasteiger partial charge in [-0.2, -0.15) is 0 Å². The Morgan fingerprint density at radius 3 is 2.38 bits per heavy atom. The zero-order valence-electron chi connectivity index (χ0n) is 10.7. The highest BCUT2D eigenvalue weighted by atomic mass is 35.5. The lowest BCUT2D eigenvalue weighted by atomic mass is 10.1. The quantitative estimate of drug-likeness (QED) is 0.843. The van der Waals surface area contributed by atoms with Crippen LogP contribution in [-0.4, -0.2) is 19.5 Å². The van der Waals surface area contributed by atoms with Crippen LogP contribution in [0.2, 0.25) is 4.34 Å². The van der Waals surface area contributed by atoms with Gasteiger partial charge in [0.2, 0.25) is 10.0 Å². The number of hydrogen-bond acceptors (Lipinski definition) is 4. The van der Waals surface area contributed by atoms with E-state index >= 15 is 0 Å². The molecular weight excluding hydrogens is 334 g/mol. The minimum atomic E-state index is -3.49. The molecule has 0 saturated carbocycles. The lowest BCUT2D eigenvalue weighted by Gasteiger charge is -2.06. The van der Waals surface area contributed by atoms with Crippen LogP contribution in [0.15, 0.2) is 36.4 Å². The Morgan fingerprint density at radius 2 is 1.86 bits per heavy atom. The Morgan fingerprint density at radius 1 is 1.19 bits per heavy atom. The number of thiophene rings is 1. The van der Waals surface area contributed by atoms with E-state index in [4.69, 9.17) is 16.7 Å². The maximum atomic E-state index is 11.9. The Balaban J connectivity index is 1.98. The summed E-state index contributed by atoms with van der Waals surface area (Å²) in [5, 5.41) is 8.78. The Labute approximate surface area is 131 Å². The van der Waals surface area contributed by atoms with E-state index in [1.54, 1.807) is 12.1 Å². The van der Waals surface area contributed by atoms with E-state index in [2.05, 4.69) is 4.72 Å². The van der Waals surface area contributed by atoms with Crippen LogP contribution in [0.25, 0.3) is 0 Å². The molecule has 0 aliphatic rings. The van der Waals surface area contributed by atoms with E-state index in [0.29, 0.717) is 9.90 Å². The summed E-state index contributed by atoms with van der Waals surface area (Å²) < 4.78 is 27.0. The molecule has 0 saturated heterocycles. The van der Waals surface area contributed by atoms with Gasteiger partial charge in [0.25, 0.3) is 0 Å². The van der Waals surface area contributed by atoms with Crippen LogP contribution in [0.4, 0.5) is 0 Å². The van der Waals surface area contributed by atoms with Crippen LogP contribution >= 0.6 is 22.9 Å². The summed E-state index contributed by atoms with van der Waals surface area (Å²) in [6, 6.07) is 9.21. The van der Waals surface area contributed by atoms with Crippen molar-refractivity contribution < 1.29 is 18.3 Å². The maximum Gasteiger partial charge on any atom is 0.335 e. The third kappa shape index (κ3) is 4.82. The zero-order chi connectivity index (χ0) is 15.5. The Kier molecular flexibility index (Phi) is 5.00. The van der Waals surface area contributed by atoms with Crippen molar-refractivity contribution in [1.82, 2.24) is 4.72 Å². The molecule has 1 heterocycles. The second-order valence-corrected chi connectivity index (χ2v) is 7.89. The number of rotatable bonds is 6. The number of aromatic carboxylic acids is 1. The lowest BCUT2D eigenvalue weighted by Crippen LogP contribution is -2.24. The van der Waals surface area contributed by atoms with Gasteiger partial charge in [0.1, 0.15) is 0 Å². The summed E-state index contributed by atoms with van der Waals surface area (Å²) in [6.07, 6.45) is 0. The highest BCUT2D eigenvalue weighted by molar-refractivity contribution is 7.88. The molecule has 2 rings (SSSR count).